The monoisotopic (exact) mass is 251 g/mol. The Morgan fingerprint density at radius 2 is 1.94 bits per heavy atom. The normalized spacial score (nSPS) is 12.2. The third-order valence-corrected chi connectivity index (χ3v) is 2.69. The number of nitrogens with zero attached hydrogens (tertiary/aromatic N) is 1. The fraction of sp³-hybridized carbons (Fsp3) is 0.417. The number of hydrogen-bond donors (Lipinski definition) is 2. The molecule has 3 N–H and O–H groups in total. The summed E-state index contributed by atoms with van der Waals surface area (Å²) in [5, 5.41) is 13.2. The molecule has 0 aliphatic carbocycles. The number of carbonyl (C=O) groups is 1. The Labute approximate surface area is 105 Å². The van der Waals surface area contributed by atoms with Gasteiger partial charge in [-0.2, -0.15) is 0 Å². The van der Waals surface area contributed by atoms with Crippen molar-refractivity contribution in [1.82, 2.24) is 5.32 Å². The molecule has 0 heterocycles. The molecular weight excluding hydrogens is 234 g/mol. The van der Waals surface area contributed by atoms with Gasteiger partial charge in [-0.25, -0.2) is 0 Å². The lowest BCUT2D eigenvalue weighted by Crippen LogP contribution is -2.40. The number of nitro groups is 1. The molecule has 0 saturated heterocycles. The quantitative estimate of drug-likeness (QED) is 0.608. The molecular formula is C12H17N3O3. The molecule has 6 heteroatoms. The van der Waals surface area contributed by atoms with Gasteiger partial charge in [-0.1, -0.05) is 13.8 Å². The first-order chi connectivity index (χ1) is 8.41. The van der Waals surface area contributed by atoms with Crippen molar-refractivity contribution in [3.8, 4) is 0 Å². The molecule has 0 aromatic heterocycles. The summed E-state index contributed by atoms with van der Waals surface area (Å²) in [6, 6.07) is 5.35. The van der Waals surface area contributed by atoms with Crippen LogP contribution in [-0.2, 0) is 0 Å². The van der Waals surface area contributed by atoms with Crippen LogP contribution in [0.3, 0.4) is 0 Å². The highest BCUT2D eigenvalue weighted by atomic mass is 16.6. The summed E-state index contributed by atoms with van der Waals surface area (Å²) in [4.78, 5) is 21.7. The highest BCUT2D eigenvalue weighted by Gasteiger charge is 2.12. The maximum absolute atomic E-state index is 11.7. The van der Waals surface area contributed by atoms with Crippen LogP contribution >= 0.6 is 0 Å². The molecule has 1 unspecified atom stereocenters. The van der Waals surface area contributed by atoms with Gasteiger partial charge in [-0.3, -0.25) is 14.9 Å². The average molecular weight is 251 g/mol. The van der Waals surface area contributed by atoms with Gasteiger partial charge in [-0.05, 0) is 18.1 Å². The molecule has 0 spiro atoms. The van der Waals surface area contributed by atoms with Gasteiger partial charge < -0.3 is 11.1 Å². The van der Waals surface area contributed by atoms with E-state index in [1.54, 1.807) is 0 Å². The number of rotatable bonds is 5. The number of benzene rings is 1. The summed E-state index contributed by atoms with van der Waals surface area (Å²) < 4.78 is 0. The second kappa shape index (κ2) is 6.11. The Morgan fingerprint density at radius 1 is 1.39 bits per heavy atom. The molecule has 0 saturated carbocycles. The van der Waals surface area contributed by atoms with Crippen LogP contribution in [0.4, 0.5) is 5.69 Å². The smallest absolute Gasteiger partial charge is 0.269 e. The molecule has 18 heavy (non-hydrogen) atoms. The number of nitrogens with two attached hydrogens (primary N) is 1. The van der Waals surface area contributed by atoms with Crippen LogP contribution in [0, 0.1) is 16.0 Å². The molecule has 0 radical (unpaired) electrons. The molecule has 1 rings (SSSR count). The number of amides is 1. The first-order valence-corrected chi connectivity index (χ1v) is 5.70. The van der Waals surface area contributed by atoms with Gasteiger partial charge in [0.25, 0.3) is 11.6 Å². The molecule has 0 bridgehead atoms. The number of hydrogen-bond acceptors (Lipinski definition) is 4. The second-order valence-electron chi connectivity index (χ2n) is 4.42. The van der Waals surface area contributed by atoms with Crippen molar-refractivity contribution in [1.29, 1.82) is 0 Å². The largest absolute Gasteiger partial charge is 0.350 e. The van der Waals surface area contributed by atoms with Crippen molar-refractivity contribution in [3.05, 3.63) is 39.9 Å². The summed E-state index contributed by atoms with van der Waals surface area (Å²) in [6.07, 6.45) is 0. The molecule has 0 aliphatic rings. The van der Waals surface area contributed by atoms with E-state index in [0.717, 1.165) is 0 Å². The first kappa shape index (κ1) is 14.1. The van der Waals surface area contributed by atoms with Crippen molar-refractivity contribution in [3.63, 3.8) is 0 Å². The standard InChI is InChI=1S/C12H17N3O3/c1-8(2)11(13)7-14-12(16)9-3-5-10(6-4-9)15(17)18/h3-6,8,11H,7,13H2,1-2H3,(H,14,16). The van der Waals surface area contributed by atoms with E-state index in [0.29, 0.717) is 12.1 Å². The van der Waals surface area contributed by atoms with Gasteiger partial charge in [0.2, 0.25) is 0 Å². The van der Waals surface area contributed by atoms with Crippen LogP contribution in [0.25, 0.3) is 0 Å². The van der Waals surface area contributed by atoms with Gasteiger partial charge in [0.15, 0.2) is 0 Å². The topological polar surface area (TPSA) is 98.3 Å². The summed E-state index contributed by atoms with van der Waals surface area (Å²) in [7, 11) is 0. The zero-order chi connectivity index (χ0) is 13.7. The summed E-state index contributed by atoms with van der Waals surface area (Å²) in [5.74, 6) is 0.00292. The molecule has 98 valence electrons. The Kier molecular flexibility index (Phi) is 4.79. The SMILES string of the molecule is CC(C)C(N)CNC(=O)c1ccc([N+](=O)[O-])cc1. The summed E-state index contributed by atoms with van der Waals surface area (Å²) in [5.41, 5.74) is 6.15. The van der Waals surface area contributed by atoms with Crippen LogP contribution in [0.5, 0.6) is 0 Å². The third-order valence-electron chi connectivity index (χ3n) is 2.69. The van der Waals surface area contributed by atoms with Crippen molar-refractivity contribution in [2.24, 2.45) is 11.7 Å². The second-order valence-corrected chi connectivity index (χ2v) is 4.42. The fourth-order valence-corrected chi connectivity index (χ4v) is 1.28. The highest BCUT2D eigenvalue weighted by Crippen LogP contribution is 2.11. The maximum Gasteiger partial charge on any atom is 0.269 e. The van der Waals surface area contributed by atoms with Crippen molar-refractivity contribution in [2.75, 3.05) is 6.54 Å². The summed E-state index contributed by atoms with van der Waals surface area (Å²) >= 11 is 0. The third kappa shape index (κ3) is 3.81. The average Bonchev–Trinajstić information content (AvgIpc) is 2.35. The van der Waals surface area contributed by atoms with Crippen LogP contribution < -0.4 is 11.1 Å². The number of nitro benzene ring substituents is 1. The van der Waals surface area contributed by atoms with Crippen LogP contribution in [0.2, 0.25) is 0 Å². The van der Waals surface area contributed by atoms with Gasteiger partial charge in [0.05, 0.1) is 4.92 Å². The number of nitrogens with one attached hydrogen (secondary N) is 1. The fourth-order valence-electron chi connectivity index (χ4n) is 1.28. The minimum atomic E-state index is -0.504. The zero-order valence-corrected chi connectivity index (χ0v) is 10.4. The first-order valence-electron chi connectivity index (χ1n) is 5.70. The van der Waals surface area contributed by atoms with Crippen molar-refractivity contribution < 1.29 is 9.72 Å². The minimum Gasteiger partial charge on any atom is -0.350 e. The molecule has 1 aromatic carbocycles. The minimum absolute atomic E-state index is 0.0366. The van der Waals surface area contributed by atoms with Gasteiger partial charge in [0, 0.05) is 30.3 Å². The highest BCUT2D eigenvalue weighted by molar-refractivity contribution is 5.94. The van der Waals surface area contributed by atoms with Gasteiger partial charge in [-0.15, -0.1) is 0 Å². The van der Waals surface area contributed by atoms with Crippen LogP contribution in [0.15, 0.2) is 24.3 Å². The van der Waals surface area contributed by atoms with E-state index in [1.807, 2.05) is 13.8 Å². The lowest BCUT2D eigenvalue weighted by molar-refractivity contribution is -0.384. The number of non-ortho nitro benzene ring substituents is 1. The lowest BCUT2D eigenvalue weighted by Gasteiger charge is -2.16. The maximum atomic E-state index is 11.7. The lowest BCUT2D eigenvalue weighted by atomic mass is 10.1. The van der Waals surface area contributed by atoms with E-state index >= 15 is 0 Å². The summed E-state index contributed by atoms with van der Waals surface area (Å²) in [6.45, 7) is 4.33. The molecule has 0 aliphatic heterocycles. The Morgan fingerprint density at radius 3 is 2.39 bits per heavy atom. The molecule has 1 amide bonds. The van der Waals surface area contributed by atoms with E-state index in [2.05, 4.69) is 5.32 Å². The van der Waals surface area contributed by atoms with E-state index in [1.165, 1.54) is 24.3 Å². The van der Waals surface area contributed by atoms with E-state index in [-0.39, 0.29) is 23.6 Å². The van der Waals surface area contributed by atoms with Crippen molar-refractivity contribution in [2.45, 2.75) is 19.9 Å². The molecule has 1 atom stereocenters. The predicted molar refractivity (Wildman–Crippen MR) is 68.2 cm³/mol. The van der Waals surface area contributed by atoms with Crippen LogP contribution in [0.1, 0.15) is 24.2 Å². The number of carbonyl (C=O) groups excluding carboxylic acids is 1. The predicted octanol–water partition coefficient (Wildman–Crippen LogP) is 1.31. The molecule has 1 aromatic rings. The van der Waals surface area contributed by atoms with Crippen LogP contribution in [-0.4, -0.2) is 23.4 Å². The van der Waals surface area contributed by atoms with Crippen molar-refractivity contribution >= 4 is 11.6 Å². The molecule has 6 nitrogen and oxygen atoms in total. The Hall–Kier alpha value is -1.95. The van der Waals surface area contributed by atoms with Gasteiger partial charge >= 0.3 is 0 Å². The van der Waals surface area contributed by atoms with Gasteiger partial charge in [0.1, 0.15) is 0 Å². The van der Waals surface area contributed by atoms with E-state index < -0.39 is 4.92 Å². The Balaban J connectivity index is 2.59. The molecule has 0 fully saturated rings. The van der Waals surface area contributed by atoms with E-state index in [4.69, 9.17) is 5.73 Å². The zero-order valence-electron chi connectivity index (χ0n) is 10.4. The van der Waals surface area contributed by atoms with E-state index in [9.17, 15) is 14.9 Å². The Bertz CT molecular complexity index is 429.